The van der Waals surface area contributed by atoms with Crippen LogP contribution in [-0.2, 0) is 17.5 Å². The molecule has 1 aliphatic rings. The third-order valence-electron chi connectivity index (χ3n) is 5.24. The van der Waals surface area contributed by atoms with E-state index >= 15 is 0 Å². The predicted octanol–water partition coefficient (Wildman–Crippen LogP) is 3.17. The molecule has 10 heteroatoms. The number of nitrogens with zero attached hydrogens (tertiary/aromatic N) is 5. The van der Waals surface area contributed by atoms with Crippen molar-refractivity contribution in [1.29, 1.82) is 0 Å². The Kier molecular flexibility index (Phi) is 6.19. The highest BCUT2D eigenvalue weighted by Crippen LogP contribution is 2.34. The highest BCUT2D eigenvalue weighted by Gasteiger charge is 2.34. The van der Waals surface area contributed by atoms with Crippen LogP contribution in [0.1, 0.15) is 28.6 Å². The zero-order valence-corrected chi connectivity index (χ0v) is 16.9. The van der Waals surface area contributed by atoms with Crippen LogP contribution in [0.4, 0.5) is 13.2 Å². The monoisotopic (exact) mass is 433 g/mol. The van der Waals surface area contributed by atoms with Gasteiger partial charge in [0.05, 0.1) is 38.5 Å². The molecule has 1 aromatic heterocycles. The summed E-state index contributed by atoms with van der Waals surface area (Å²) in [6.45, 7) is 2.50. The van der Waals surface area contributed by atoms with Crippen LogP contribution in [0.5, 0.6) is 5.75 Å². The van der Waals surface area contributed by atoms with Crippen molar-refractivity contribution in [1.82, 2.24) is 25.1 Å². The van der Waals surface area contributed by atoms with Gasteiger partial charge in [-0.3, -0.25) is 4.90 Å². The lowest BCUT2D eigenvalue weighted by molar-refractivity contribution is -0.137. The van der Waals surface area contributed by atoms with Gasteiger partial charge in [-0.25, -0.2) is 4.68 Å². The first-order valence-electron chi connectivity index (χ1n) is 9.83. The highest BCUT2D eigenvalue weighted by atomic mass is 19.4. The van der Waals surface area contributed by atoms with Crippen molar-refractivity contribution in [2.75, 3.05) is 33.4 Å². The Morgan fingerprint density at radius 3 is 2.52 bits per heavy atom. The normalized spacial score (nSPS) is 16.3. The summed E-state index contributed by atoms with van der Waals surface area (Å²) >= 11 is 0. The van der Waals surface area contributed by atoms with Crippen molar-refractivity contribution in [3.63, 3.8) is 0 Å². The molecule has 3 aromatic rings. The predicted molar refractivity (Wildman–Crippen MR) is 106 cm³/mol. The van der Waals surface area contributed by atoms with E-state index in [0.29, 0.717) is 44.2 Å². The Labute approximate surface area is 177 Å². The van der Waals surface area contributed by atoms with Gasteiger partial charge in [0.25, 0.3) is 0 Å². The molecule has 4 rings (SSSR count). The fourth-order valence-corrected chi connectivity index (χ4v) is 3.67. The molecule has 7 nitrogen and oxygen atoms in total. The molecule has 0 unspecified atom stereocenters. The number of aromatic nitrogens is 4. The molecule has 2 heterocycles. The maximum Gasteiger partial charge on any atom is 0.416 e. The minimum Gasteiger partial charge on any atom is -0.497 e. The molecule has 2 aromatic carbocycles. The van der Waals surface area contributed by atoms with Crippen LogP contribution < -0.4 is 4.74 Å². The minimum atomic E-state index is -4.43. The number of halogens is 3. The van der Waals surface area contributed by atoms with E-state index in [4.69, 9.17) is 9.47 Å². The molecule has 0 N–H and O–H groups in total. The van der Waals surface area contributed by atoms with Crippen LogP contribution in [-0.4, -0.2) is 58.5 Å². The maximum atomic E-state index is 13.4. The second kappa shape index (κ2) is 9.03. The quantitative estimate of drug-likeness (QED) is 0.595. The molecule has 1 aliphatic heterocycles. The molecule has 164 valence electrons. The van der Waals surface area contributed by atoms with Crippen LogP contribution in [0, 0.1) is 0 Å². The Morgan fingerprint density at radius 1 is 1.10 bits per heavy atom. The standard InChI is InChI=1S/C21H22F3N5O2/c1-30-18-7-5-15(6-8-18)14-29-20(25-26-27-29)19(28-9-11-31-12-10-28)16-3-2-4-17(13-16)21(22,23)24/h2-8,13,19H,9-12,14H2,1H3/t19-/m1/s1. The Hall–Kier alpha value is -2.98. The van der Waals surface area contributed by atoms with Crippen molar-refractivity contribution in [3.8, 4) is 5.75 Å². The van der Waals surface area contributed by atoms with Gasteiger partial charge in [0, 0.05) is 13.1 Å². The second-order valence-corrected chi connectivity index (χ2v) is 7.22. The third-order valence-corrected chi connectivity index (χ3v) is 5.24. The van der Waals surface area contributed by atoms with Gasteiger partial charge in [0.1, 0.15) is 5.75 Å². The number of alkyl halides is 3. The Bertz CT molecular complexity index is 1000. The smallest absolute Gasteiger partial charge is 0.416 e. The number of ether oxygens (including phenoxy) is 2. The van der Waals surface area contributed by atoms with E-state index in [9.17, 15) is 13.2 Å². The summed E-state index contributed by atoms with van der Waals surface area (Å²) in [5, 5.41) is 12.1. The number of hydrogen-bond acceptors (Lipinski definition) is 6. The SMILES string of the molecule is COc1ccc(Cn2nnnc2[C@@H](c2cccc(C(F)(F)F)c2)N2CCOCC2)cc1. The van der Waals surface area contributed by atoms with E-state index in [1.807, 2.05) is 24.3 Å². The summed E-state index contributed by atoms with van der Waals surface area (Å²) in [6, 6.07) is 12.3. The molecule has 0 radical (unpaired) electrons. The Morgan fingerprint density at radius 2 is 1.84 bits per heavy atom. The average Bonchev–Trinajstić information content (AvgIpc) is 3.22. The summed E-state index contributed by atoms with van der Waals surface area (Å²) < 4.78 is 52.3. The number of hydrogen-bond donors (Lipinski definition) is 0. The van der Waals surface area contributed by atoms with E-state index in [0.717, 1.165) is 17.4 Å². The zero-order chi connectivity index (χ0) is 21.8. The number of methoxy groups -OCH3 is 1. The molecular formula is C21H22F3N5O2. The molecule has 31 heavy (non-hydrogen) atoms. The van der Waals surface area contributed by atoms with E-state index in [2.05, 4.69) is 20.4 Å². The van der Waals surface area contributed by atoms with Gasteiger partial charge >= 0.3 is 6.18 Å². The molecule has 0 aliphatic carbocycles. The van der Waals surface area contributed by atoms with Crippen molar-refractivity contribution in [3.05, 3.63) is 71.0 Å². The molecule has 0 bridgehead atoms. The minimum absolute atomic E-state index is 0.381. The molecule has 0 saturated carbocycles. The van der Waals surface area contributed by atoms with Gasteiger partial charge < -0.3 is 9.47 Å². The van der Waals surface area contributed by atoms with Crippen molar-refractivity contribution >= 4 is 0 Å². The lowest BCUT2D eigenvalue weighted by atomic mass is 10.0. The van der Waals surface area contributed by atoms with Crippen LogP contribution in [0.15, 0.2) is 48.5 Å². The fraction of sp³-hybridized carbons (Fsp3) is 0.381. The van der Waals surface area contributed by atoms with E-state index in [1.54, 1.807) is 17.9 Å². The van der Waals surface area contributed by atoms with E-state index < -0.39 is 17.8 Å². The lowest BCUT2D eigenvalue weighted by Gasteiger charge is -2.34. The molecule has 0 spiro atoms. The maximum absolute atomic E-state index is 13.4. The van der Waals surface area contributed by atoms with Crippen molar-refractivity contribution in [2.24, 2.45) is 0 Å². The molecular weight excluding hydrogens is 411 g/mol. The van der Waals surface area contributed by atoms with Gasteiger partial charge in [-0.2, -0.15) is 13.2 Å². The van der Waals surface area contributed by atoms with Gasteiger partial charge in [-0.1, -0.05) is 24.3 Å². The van der Waals surface area contributed by atoms with Crippen LogP contribution in [0.25, 0.3) is 0 Å². The van der Waals surface area contributed by atoms with Crippen LogP contribution in [0.2, 0.25) is 0 Å². The van der Waals surface area contributed by atoms with Crippen molar-refractivity contribution in [2.45, 2.75) is 18.8 Å². The van der Waals surface area contributed by atoms with Crippen LogP contribution in [0.3, 0.4) is 0 Å². The molecule has 1 fully saturated rings. The van der Waals surface area contributed by atoms with E-state index in [-0.39, 0.29) is 0 Å². The van der Waals surface area contributed by atoms with Gasteiger partial charge in [-0.05, 0) is 45.8 Å². The average molecular weight is 433 g/mol. The first-order valence-corrected chi connectivity index (χ1v) is 9.83. The van der Waals surface area contributed by atoms with E-state index in [1.165, 1.54) is 12.1 Å². The summed E-state index contributed by atoms with van der Waals surface area (Å²) in [6.07, 6.45) is -4.43. The zero-order valence-electron chi connectivity index (χ0n) is 16.9. The molecule has 0 amide bonds. The number of benzene rings is 2. The molecule has 1 saturated heterocycles. The van der Waals surface area contributed by atoms with Crippen LogP contribution >= 0.6 is 0 Å². The number of morpholine rings is 1. The topological polar surface area (TPSA) is 65.3 Å². The molecule has 1 atom stereocenters. The Balaban J connectivity index is 1.71. The first kappa shape index (κ1) is 21.3. The van der Waals surface area contributed by atoms with Gasteiger partial charge in [0.15, 0.2) is 5.82 Å². The summed E-state index contributed by atoms with van der Waals surface area (Å²) in [4.78, 5) is 2.05. The summed E-state index contributed by atoms with van der Waals surface area (Å²) in [5.74, 6) is 1.22. The lowest BCUT2D eigenvalue weighted by Crippen LogP contribution is -2.40. The summed E-state index contributed by atoms with van der Waals surface area (Å²) in [5.41, 5.74) is 0.735. The van der Waals surface area contributed by atoms with Gasteiger partial charge in [-0.15, -0.1) is 5.10 Å². The third kappa shape index (κ3) is 4.86. The fourth-order valence-electron chi connectivity index (χ4n) is 3.67. The highest BCUT2D eigenvalue weighted by molar-refractivity contribution is 5.32. The largest absolute Gasteiger partial charge is 0.497 e. The first-order chi connectivity index (χ1) is 15.0. The summed E-state index contributed by atoms with van der Waals surface area (Å²) in [7, 11) is 1.59. The van der Waals surface area contributed by atoms with Gasteiger partial charge in [0.2, 0.25) is 0 Å². The second-order valence-electron chi connectivity index (χ2n) is 7.22. The number of tetrazole rings is 1. The van der Waals surface area contributed by atoms with Crippen molar-refractivity contribution < 1.29 is 22.6 Å². The number of rotatable bonds is 6.